The van der Waals surface area contributed by atoms with Gasteiger partial charge >= 0.3 is 6.09 Å². The van der Waals surface area contributed by atoms with E-state index in [1.54, 1.807) is 17.4 Å². The summed E-state index contributed by atoms with van der Waals surface area (Å²) in [5.41, 5.74) is 1.45. The van der Waals surface area contributed by atoms with Crippen molar-refractivity contribution in [3.05, 3.63) is 44.5 Å². The van der Waals surface area contributed by atoms with Gasteiger partial charge in [-0.15, -0.1) is 22.7 Å². The summed E-state index contributed by atoms with van der Waals surface area (Å²) in [6, 6.07) is 6.11. The molecular formula is C23H25N3O4S2. The van der Waals surface area contributed by atoms with Crippen LogP contribution in [0.15, 0.2) is 23.6 Å². The molecule has 0 bridgehead atoms. The zero-order valence-electron chi connectivity index (χ0n) is 17.5. The van der Waals surface area contributed by atoms with Crippen LogP contribution in [0.4, 0.5) is 9.80 Å². The van der Waals surface area contributed by atoms with Gasteiger partial charge in [0.15, 0.2) is 0 Å². The van der Waals surface area contributed by atoms with Gasteiger partial charge in [-0.2, -0.15) is 5.26 Å². The minimum atomic E-state index is -0.427. The highest BCUT2D eigenvalue weighted by molar-refractivity contribution is 7.16. The molecule has 1 atom stereocenters. The Labute approximate surface area is 194 Å². The monoisotopic (exact) mass is 471 g/mol. The molecule has 0 saturated heterocycles. The van der Waals surface area contributed by atoms with Crippen molar-refractivity contribution in [3.8, 4) is 6.07 Å². The molecule has 3 N–H and O–H groups in total. The molecule has 2 heterocycles. The Morgan fingerprint density at radius 3 is 2.78 bits per heavy atom. The number of carbonyl (C=O) groups excluding carboxylic acids is 2. The number of carbonyl (C=O) groups is 2. The number of hydrogen-bond acceptors (Lipinski definition) is 7. The van der Waals surface area contributed by atoms with E-state index in [1.165, 1.54) is 17.4 Å². The second kappa shape index (κ2) is 10.3. The maximum Gasteiger partial charge on any atom is 0.407 e. The van der Waals surface area contributed by atoms with E-state index in [-0.39, 0.29) is 24.2 Å². The number of anilines is 1. The predicted molar refractivity (Wildman–Crippen MR) is 125 cm³/mol. The summed E-state index contributed by atoms with van der Waals surface area (Å²) in [6.07, 6.45) is 6.96. The van der Waals surface area contributed by atoms with Crippen LogP contribution in [-0.4, -0.2) is 35.4 Å². The number of aliphatic hydroxyl groups is 1. The van der Waals surface area contributed by atoms with Gasteiger partial charge < -0.3 is 20.5 Å². The summed E-state index contributed by atoms with van der Waals surface area (Å²) in [4.78, 5) is 26.6. The number of nitrogens with zero attached hydrogens (tertiary/aromatic N) is 1. The highest BCUT2D eigenvalue weighted by Gasteiger charge is 2.29. The molecule has 2 aliphatic carbocycles. The lowest BCUT2D eigenvalue weighted by Crippen LogP contribution is -2.41. The number of aliphatic hydroxyl groups excluding tert-OH is 1. The zero-order valence-corrected chi connectivity index (χ0v) is 19.1. The fraction of sp³-hybridized carbons (Fsp3) is 0.435. The SMILES string of the molecule is N#Cc1c(NC(=O)C=Cc2cccs2)sc2c1CCC(OC(=O)NC1CCC(O)CC1)C2. The summed E-state index contributed by atoms with van der Waals surface area (Å²) in [6.45, 7) is 0. The van der Waals surface area contributed by atoms with E-state index < -0.39 is 6.09 Å². The Kier molecular flexibility index (Phi) is 7.25. The van der Waals surface area contributed by atoms with Crippen LogP contribution in [0, 0.1) is 11.3 Å². The number of fused-ring (bicyclic) bond motifs is 1. The number of ether oxygens (including phenoxy) is 1. The zero-order chi connectivity index (χ0) is 22.5. The van der Waals surface area contributed by atoms with Crippen LogP contribution >= 0.6 is 22.7 Å². The molecule has 1 fully saturated rings. The van der Waals surface area contributed by atoms with Gasteiger partial charge in [0.1, 0.15) is 17.2 Å². The number of thiophene rings is 2. The fourth-order valence-corrected chi connectivity index (χ4v) is 6.02. The number of amides is 2. The summed E-state index contributed by atoms with van der Waals surface area (Å²) in [5.74, 6) is -0.279. The second-order valence-electron chi connectivity index (χ2n) is 8.08. The summed E-state index contributed by atoms with van der Waals surface area (Å²) < 4.78 is 5.64. The number of nitriles is 1. The molecular weight excluding hydrogens is 446 g/mol. The van der Waals surface area contributed by atoms with Gasteiger partial charge in [0.25, 0.3) is 0 Å². The minimum Gasteiger partial charge on any atom is -0.446 e. The van der Waals surface area contributed by atoms with Crippen molar-refractivity contribution in [2.24, 2.45) is 0 Å². The molecule has 4 rings (SSSR count). The summed E-state index contributed by atoms with van der Waals surface area (Å²) >= 11 is 2.92. The number of nitrogens with one attached hydrogen (secondary N) is 2. The Balaban J connectivity index is 1.35. The van der Waals surface area contributed by atoms with Crippen LogP contribution in [0.25, 0.3) is 6.08 Å². The van der Waals surface area contributed by atoms with Crippen molar-refractivity contribution >= 4 is 45.8 Å². The first-order chi connectivity index (χ1) is 15.5. The van der Waals surface area contributed by atoms with E-state index in [9.17, 15) is 20.0 Å². The highest BCUT2D eigenvalue weighted by atomic mass is 32.1. The lowest BCUT2D eigenvalue weighted by Gasteiger charge is -2.28. The van der Waals surface area contributed by atoms with Crippen molar-refractivity contribution in [2.75, 3.05) is 5.32 Å². The van der Waals surface area contributed by atoms with Crippen LogP contribution in [-0.2, 0) is 22.4 Å². The lowest BCUT2D eigenvalue weighted by atomic mass is 9.93. The van der Waals surface area contributed by atoms with Gasteiger partial charge in [-0.25, -0.2) is 4.79 Å². The van der Waals surface area contributed by atoms with E-state index in [1.807, 2.05) is 17.5 Å². The third kappa shape index (κ3) is 5.57. The topological polar surface area (TPSA) is 111 Å². The van der Waals surface area contributed by atoms with Crippen molar-refractivity contribution in [1.82, 2.24) is 5.32 Å². The van der Waals surface area contributed by atoms with Crippen LogP contribution in [0.3, 0.4) is 0 Å². The smallest absolute Gasteiger partial charge is 0.407 e. The van der Waals surface area contributed by atoms with Crippen molar-refractivity contribution in [3.63, 3.8) is 0 Å². The van der Waals surface area contributed by atoms with Crippen molar-refractivity contribution < 1.29 is 19.4 Å². The maximum absolute atomic E-state index is 12.3. The summed E-state index contributed by atoms with van der Waals surface area (Å²) in [7, 11) is 0. The van der Waals surface area contributed by atoms with Crippen molar-refractivity contribution in [2.45, 2.75) is 63.2 Å². The first-order valence-electron chi connectivity index (χ1n) is 10.7. The molecule has 2 aromatic rings. The molecule has 2 aliphatic rings. The third-order valence-corrected chi connectivity index (χ3v) is 7.81. The Morgan fingerprint density at radius 2 is 2.06 bits per heavy atom. The lowest BCUT2D eigenvalue weighted by molar-refractivity contribution is -0.111. The molecule has 9 heteroatoms. The van der Waals surface area contributed by atoms with Crippen LogP contribution in [0.5, 0.6) is 0 Å². The molecule has 7 nitrogen and oxygen atoms in total. The van der Waals surface area contributed by atoms with Gasteiger partial charge in [0.2, 0.25) is 5.91 Å². The molecule has 0 spiro atoms. The van der Waals surface area contributed by atoms with Gasteiger partial charge in [-0.1, -0.05) is 6.07 Å². The van der Waals surface area contributed by atoms with Crippen LogP contribution < -0.4 is 10.6 Å². The van der Waals surface area contributed by atoms with E-state index in [0.717, 1.165) is 28.2 Å². The average molecular weight is 472 g/mol. The molecule has 168 valence electrons. The molecule has 1 unspecified atom stereocenters. The number of alkyl carbamates (subject to hydrolysis) is 1. The maximum atomic E-state index is 12.3. The highest BCUT2D eigenvalue weighted by Crippen LogP contribution is 2.38. The second-order valence-corrected chi connectivity index (χ2v) is 10.2. The standard InChI is InChI=1S/C23H25N3O4S2/c24-13-19-18-9-7-16(30-23(29)25-14-3-5-15(27)6-4-14)12-20(18)32-22(19)26-21(28)10-8-17-2-1-11-31-17/h1-2,8,10-11,14-16,27H,3-7,9,12H2,(H,25,29)(H,26,28). The first-order valence-corrected chi connectivity index (χ1v) is 12.4. The predicted octanol–water partition coefficient (Wildman–Crippen LogP) is 4.22. The fourth-order valence-electron chi connectivity index (χ4n) is 4.13. The Hall–Kier alpha value is -2.67. The largest absolute Gasteiger partial charge is 0.446 e. The van der Waals surface area contributed by atoms with Crippen molar-refractivity contribution in [1.29, 1.82) is 5.26 Å². The normalized spacial score (nSPS) is 22.7. The van der Waals surface area contributed by atoms with E-state index in [2.05, 4.69) is 16.7 Å². The van der Waals surface area contributed by atoms with E-state index >= 15 is 0 Å². The van der Waals surface area contributed by atoms with E-state index in [4.69, 9.17) is 4.74 Å². The molecule has 0 aromatic carbocycles. The third-order valence-electron chi connectivity index (χ3n) is 5.80. The van der Waals surface area contributed by atoms with E-state index in [0.29, 0.717) is 42.7 Å². The van der Waals surface area contributed by atoms with Gasteiger partial charge in [-0.3, -0.25) is 4.79 Å². The van der Waals surface area contributed by atoms with Gasteiger partial charge in [0, 0.05) is 28.3 Å². The van der Waals surface area contributed by atoms with Gasteiger partial charge in [0.05, 0.1) is 11.7 Å². The Bertz CT molecular complexity index is 1030. The molecule has 2 amide bonds. The quantitative estimate of drug-likeness (QED) is 0.566. The molecule has 1 saturated carbocycles. The summed E-state index contributed by atoms with van der Waals surface area (Å²) in [5, 5.41) is 27.5. The molecule has 32 heavy (non-hydrogen) atoms. The van der Waals surface area contributed by atoms with Gasteiger partial charge in [-0.05, 0) is 61.6 Å². The van der Waals surface area contributed by atoms with Crippen LogP contribution in [0.1, 0.15) is 53.0 Å². The minimum absolute atomic E-state index is 0.0426. The average Bonchev–Trinajstić information content (AvgIpc) is 3.40. The van der Waals surface area contributed by atoms with Crippen LogP contribution in [0.2, 0.25) is 0 Å². The first kappa shape index (κ1) is 22.5. The number of rotatable bonds is 5. The number of hydrogen-bond donors (Lipinski definition) is 3. The molecule has 2 aromatic heterocycles. The molecule has 0 aliphatic heterocycles. The molecule has 0 radical (unpaired) electrons. The Morgan fingerprint density at radius 1 is 1.25 bits per heavy atom.